The summed E-state index contributed by atoms with van der Waals surface area (Å²) in [7, 11) is -4.37. The van der Waals surface area contributed by atoms with E-state index < -0.39 is 32.4 Å². The Morgan fingerprint density at radius 2 is 1.71 bits per heavy atom. The summed E-state index contributed by atoms with van der Waals surface area (Å²) in [6.45, 7) is 0.0655. The van der Waals surface area contributed by atoms with Crippen molar-refractivity contribution in [3.63, 3.8) is 0 Å². The fourth-order valence-corrected chi connectivity index (χ4v) is 4.28. The predicted octanol–water partition coefficient (Wildman–Crippen LogP) is 3.04. The molecule has 2 rings (SSSR count). The van der Waals surface area contributed by atoms with Crippen molar-refractivity contribution >= 4 is 21.6 Å². The average Bonchev–Trinajstić information content (AvgIpc) is 2.82. The van der Waals surface area contributed by atoms with Crippen molar-refractivity contribution in [2.24, 2.45) is 11.8 Å². The maximum absolute atomic E-state index is 13.5. The second kappa shape index (κ2) is 6.54. The maximum Gasteiger partial charge on any atom is 0.246 e. The highest BCUT2D eigenvalue weighted by molar-refractivity contribution is 7.89. The minimum Gasteiger partial charge on any atom is -0.211 e. The van der Waals surface area contributed by atoms with E-state index in [0.717, 1.165) is 19.3 Å². The number of rotatable bonds is 5. The molecule has 1 saturated carbocycles. The quantitative estimate of drug-likeness (QED) is 0.837. The van der Waals surface area contributed by atoms with Crippen LogP contribution in [-0.4, -0.2) is 20.8 Å². The number of alkyl halides is 1. The smallest absolute Gasteiger partial charge is 0.211 e. The van der Waals surface area contributed by atoms with Gasteiger partial charge in [0.1, 0.15) is 17.5 Å². The van der Waals surface area contributed by atoms with Crippen LogP contribution >= 0.6 is 11.6 Å². The van der Waals surface area contributed by atoms with E-state index in [4.69, 9.17) is 11.6 Å². The van der Waals surface area contributed by atoms with E-state index in [1.54, 1.807) is 0 Å². The van der Waals surface area contributed by atoms with Crippen molar-refractivity contribution in [2.75, 3.05) is 12.4 Å². The molecule has 1 aromatic rings. The molecule has 0 bridgehead atoms. The van der Waals surface area contributed by atoms with Gasteiger partial charge in [0, 0.05) is 24.6 Å². The molecule has 0 radical (unpaired) electrons. The van der Waals surface area contributed by atoms with Gasteiger partial charge in [-0.05, 0) is 24.7 Å². The molecule has 0 aromatic heterocycles. The molecule has 0 saturated heterocycles. The summed E-state index contributed by atoms with van der Waals surface area (Å²) in [5, 5.41) is 0. The maximum atomic E-state index is 13.5. The zero-order valence-corrected chi connectivity index (χ0v) is 12.7. The second-order valence-corrected chi connectivity index (χ2v) is 7.17. The van der Waals surface area contributed by atoms with E-state index in [1.807, 2.05) is 0 Å². The molecule has 3 nitrogen and oxygen atoms in total. The molecule has 8 heteroatoms. The van der Waals surface area contributed by atoms with E-state index in [2.05, 4.69) is 4.72 Å². The van der Waals surface area contributed by atoms with Crippen LogP contribution in [0.2, 0.25) is 0 Å². The first-order valence-corrected chi connectivity index (χ1v) is 8.57. The zero-order chi connectivity index (χ0) is 15.6. The molecule has 0 spiro atoms. The second-order valence-electron chi connectivity index (χ2n) is 5.16. The Bertz CT molecular complexity index is 601. The summed E-state index contributed by atoms with van der Waals surface area (Å²) >= 11 is 5.80. The van der Waals surface area contributed by atoms with Crippen molar-refractivity contribution in [3.8, 4) is 0 Å². The molecule has 2 atom stereocenters. The van der Waals surface area contributed by atoms with Gasteiger partial charge in [-0.3, -0.25) is 0 Å². The van der Waals surface area contributed by atoms with Gasteiger partial charge in [0.05, 0.1) is 0 Å². The molecule has 1 fully saturated rings. The lowest BCUT2D eigenvalue weighted by atomic mass is 9.98. The molecule has 1 aliphatic carbocycles. The summed E-state index contributed by atoms with van der Waals surface area (Å²) in [5.74, 6) is -3.39. The SMILES string of the molecule is O=S(=O)(NCC1CCCC1CCl)c1c(F)cc(F)cc1F. The number of sulfonamides is 1. The van der Waals surface area contributed by atoms with Gasteiger partial charge >= 0.3 is 0 Å². The largest absolute Gasteiger partial charge is 0.246 e. The van der Waals surface area contributed by atoms with Gasteiger partial charge < -0.3 is 0 Å². The summed E-state index contributed by atoms with van der Waals surface area (Å²) in [4.78, 5) is -1.15. The topological polar surface area (TPSA) is 46.2 Å². The Morgan fingerprint density at radius 3 is 2.29 bits per heavy atom. The van der Waals surface area contributed by atoms with Gasteiger partial charge in [0.15, 0.2) is 4.90 Å². The molecular formula is C13H15ClF3NO2S. The van der Waals surface area contributed by atoms with Crippen molar-refractivity contribution in [3.05, 3.63) is 29.6 Å². The lowest BCUT2D eigenvalue weighted by molar-refractivity contribution is 0.416. The summed E-state index contributed by atoms with van der Waals surface area (Å²) in [6, 6.07) is 0.684. The van der Waals surface area contributed by atoms with Gasteiger partial charge in [0.25, 0.3) is 0 Å². The molecule has 1 N–H and O–H groups in total. The third kappa shape index (κ3) is 3.70. The van der Waals surface area contributed by atoms with E-state index in [-0.39, 0.29) is 18.4 Å². The Kier molecular flexibility index (Phi) is 5.16. The Balaban J connectivity index is 2.16. The Morgan fingerprint density at radius 1 is 1.14 bits per heavy atom. The van der Waals surface area contributed by atoms with E-state index in [9.17, 15) is 21.6 Å². The average molecular weight is 342 g/mol. The molecule has 118 valence electrons. The first-order valence-electron chi connectivity index (χ1n) is 6.55. The lowest BCUT2D eigenvalue weighted by Crippen LogP contribution is -2.32. The number of nitrogens with one attached hydrogen (secondary N) is 1. The normalized spacial score (nSPS) is 22.7. The number of hydrogen-bond acceptors (Lipinski definition) is 2. The number of benzene rings is 1. The van der Waals surface area contributed by atoms with Crippen LogP contribution in [0.3, 0.4) is 0 Å². The highest BCUT2D eigenvalue weighted by Crippen LogP contribution is 2.32. The molecule has 1 aliphatic rings. The van der Waals surface area contributed by atoms with Crippen LogP contribution in [0.5, 0.6) is 0 Å². The van der Waals surface area contributed by atoms with Gasteiger partial charge in [-0.15, -0.1) is 11.6 Å². The monoisotopic (exact) mass is 341 g/mol. The molecule has 1 aromatic carbocycles. The number of hydrogen-bond donors (Lipinski definition) is 1. The van der Waals surface area contributed by atoms with Crippen molar-refractivity contribution < 1.29 is 21.6 Å². The van der Waals surface area contributed by atoms with Crippen molar-refractivity contribution in [1.29, 1.82) is 0 Å². The fraction of sp³-hybridized carbons (Fsp3) is 0.538. The van der Waals surface area contributed by atoms with Crippen LogP contribution in [0.4, 0.5) is 13.2 Å². The van der Waals surface area contributed by atoms with Crippen LogP contribution in [0.15, 0.2) is 17.0 Å². The molecule has 0 aliphatic heterocycles. The first kappa shape index (κ1) is 16.6. The van der Waals surface area contributed by atoms with E-state index in [0.29, 0.717) is 18.0 Å². The summed E-state index contributed by atoms with van der Waals surface area (Å²) in [5.41, 5.74) is 0. The van der Waals surface area contributed by atoms with Gasteiger partial charge in [-0.25, -0.2) is 26.3 Å². The highest BCUT2D eigenvalue weighted by atomic mass is 35.5. The molecular weight excluding hydrogens is 327 g/mol. The van der Waals surface area contributed by atoms with E-state index in [1.165, 1.54) is 0 Å². The van der Waals surface area contributed by atoms with E-state index >= 15 is 0 Å². The summed E-state index contributed by atoms with van der Waals surface area (Å²) < 4.78 is 66.0. The molecule has 0 amide bonds. The van der Waals surface area contributed by atoms with Crippen molar-refractivity contribution in [1.82, 2.24) is 4.72 Å². The third-order valence-electron chi connectivity index (χ3n) is 3.78. The lowest BCUT2D eigenvalue weighted by Gasteiger charge is -2.18. The van der Waals surface area contributed by atoms with Gasteiger partial charge in [-0.2, -0.15) is 0 Å². The standard InChI is InChI=1S/C13H15ClF3NO2S/c14-6-8-2-1-3-9(8)7-18-21(19,20)13-11(16)4-10(15)5-12(13)17/h4-5,8-9,18H,1-3,6-7H2. The third-order valence-corrected chi connectivity index (χ3v) is 5.65. The molecule has 0 heterocycles. The minimum absolute atomic E-state index is 0.0452. The minimum atomic E-state index is -4.37. The number of halogens is 4. The first-order chi connectivity index (χ1) is 9.85. The highest BCUT2D eigenvalue weighted by Gasteiger charge is 2.30. The zero-order valence-electron chi connectivity index (χ0n) is 11.1. The predicted molar refractivity (Wildman–Crippen MR) is 73.1 cm³/mol. The van der Waals surface area contributed by atoms with Crippen LogP contribution in [0, 0.1) is 29.3 Å². The van der Waals surface area contributed by atoms with Crippen LogP contribution in [-0.2, 0) is 10.0 Å². The van der Waals surface area contributed by atoms with Crippen LogP contribution in [0.25, 0.3) is 0 Å². The van der Waals surface area contributed by atoms with Gasteiger partial charge in [0.2, 0.25) is 10.0 Å². The molecule has 2 unspecified atom stereocenters. The van der Waals surface area contributed by atoms with Crippen LogP contribution in [0.1, 0.15) is 19.3 Å². The Hall–Kier alpha value is -0.790. The van der Waals surface area contributed by atoms with Crippen molar-refractivity contribution in [2.45, 2.75) is 24.2 Å². The molecule has 21 heavy (non-hydrogen) atoms. The fourth-order valence-electron chi connectivity index (χ4n) is 2.66. The van der Waals surface area contributed by atoms with Gasteiger partial charge in [-0.1, -0.05) is 6.42 Å². The Labute approximate surface area is 126 Å². The summed E-state index contributed by atoms with van der Waals surface area (Å²) in [6.07, 6.45) is 2.67. The van der Waals surface area contributed by atoms with Crippen LogP contribution < -0.4 is 4.72 Å².